The fourth-order valence-corrected chi connectivity index (χ4v) is 3.70. The largest absolute Gasteiger partial charge is 0.395 e. The van der Waals surface area contributed by atoms with Crippen molar-refractivity contribution in [2.24, 2.45) is 0 Å². The molecule has 0 saturated heterocycles. The highest BCUT2D eigenvalue weighted by molar-refractivity contribution is 7.89. The Bertz CT molecular complexity index is 737. The summed E-state index contributed by atoms with van der Waals surface area (Å²) in [5.74, 6) is 0. The van der Waals surface area contributed by atoms with Gasteiger partial charge in [0.15, 0.2) is 0 Å². The Kier molecular flexibility index (Phi) is 6.15. The number of hydrogen-bond donors (Lipinski definition) is 3. The lowest BCUT2D eigenvalue weighted by Crippen LogP contribution is -2.38. The molecule has 5 nitrogen and oxygen atoms in total. The van der Waals surface area contributed by atoms with Gasteiger partial charge in [-0.3, -0.25) is 0 Å². The zero-order valence-corrected chi connectivity index (χ0v) is 13.8. The first-order valence-electron chi connectivity index (χ1n) is 7.04. The van der Waals surface area contributed by atoms with E-state index in [2.05, 4.69) is 4.72 Å². The summed E-state index contributed by atoms with van der Waals surface area (Å²) >= 11 is 5.80. The molecular weight excluding hydrogens is 338 g/mol. The van der Waals surface area contributed by atoms with Crippen molar-refractivity contribution >= 4 is 21.6 Å². The van der Waals surface area contributed by atoms with Gasteiger partial charge in [-0.2, -0.15) is 0 Å². The molecule has 0 radical (unpaired) electrons. The van der Waals surface area contributed by atoms with Crippen LogP contribution in [0.3, 0.4) is 0 Å². The van der Waals surface area contributed by atoms with Crippen LogP contribution in [0.2, 0.25) is 5.02 Å². The Balaban J connectivity index is 2.10. The van der Waals surface area contributed by atoms with Crippen molar-refractivity contribution < 1.29 is 18.6 Å². The standard InChI is InChI=1S/C16H18ClNO4S/c17-13-7-4-8-15(9-13)23(21,22)18-14(11-19)10-16(20)12-5-2-1-3-6-12/h1-9,14,16,18-20H,10-11H2. The summed E-state index contributed by atoms with van der Waals surface area (Å²) in [6.07, 6.45) is -0.823. The van der Waals surface area contributed by atoms with Crippen molar-refractivity contribution in [1.29, 1.82) is 0 Å². The van der Waals surface area contributed by atoms with Crippen LogP contribution in [0.15, 0.2) is 59.5 Å². The lowest BCUT2D eigenvalue weighted by Gasteiger charge is -2.20. The zero-order valence-electron chi connectivity index (χ0n) is 12.3. The van der Waals surface area contributed by atoms with Gasteiger partial charge >= 0.3 is 0 Å². The first kappa shape index (κ1) is 17.9. The first-order chi connectivity index (χ1) is 10.9. The number of halogens is 1. The van der Waals surface area contributed by atoms with Crippen molar-refractivity contribution in [3.63, 3.8) is 0 Å². The third-order valence-electron chi connectivity index (χ3n) is 3.34. The number of nitrogens with one attached hydrogen (secondary N) is 1. The minimum atomic E-state index is -3.83. The summed E-state index contributed by atoms with van der Waals surface area (Å²) in [5, 5.41) is 19.9. The van der Waals surface area contributed by atoms with E-state index < -0.39 is 28.8 Å². The molecule has 0 aliphatic heterocycles. The maximum atomic E-state index is 12.3. The van der Waals surface area contributed by atoms with Crippen LogP contribution in [0.4, 0.5) is 0 Å². The molecule has 0 fully saturated rings. The highest BCUT2D eigenvalue weighted by Gasteiger charge is 2.22. The molecule has 2 unspecified atom stereocenters. The number of benzene rings is 2. The SMILES string of the molecule is O=S(=O)(NC(CO)CC(O)c1ccccc1)c1cccc(Cl)c1. The molecule has 3 N–H and O–H groups in total. The van der Waals surface area contributed by atoms with Crippen molar-refractivity contribution in [3.8, 4) is 0 Å². The van der Waals surface area contributed by atoms with E-state index in [1.807, 2.05) is 6.07 Å². The minimum absolute atomic E-state index is 0.0117. The third-order valence-corrected chi connectivity index (χ3v) is 5.09. The Morgan fingerprint density at radius 1 is 1.09 bits per heavy atom. The van der Waals surface area contributed by atoms with Gasteiger partial charge in [-0.25, -0.2) is 13.1 Å². The predicted octanol–water partition coefficient (Wildman–Crippen LogP) is 2.10. The van der Waals surface area contributed by atoms with Crippen LogP contribution < -0.4 is 4.72 Å². The molecule has 2 atom stereocenters. The van der Waals surface area contributed by atoms with Crippen molar-refractivity contribution in [3.05, 3.63) is 65.2 Å². The highest BCUT2D eigenvalue weighted by atomic mass is 35.5. The van der Waals surface area contributed by atoms with Gasteiger partial charge in [-0.1, -0.05) is 48.0 Å². The Morgan fingerprint density at radius 2 is 1.78 bits per heavy atom. The first-order valence-corrected chi connectivity index (χ1v) is 8.90. The van der Waals surface area contributed by atoms with Crippen LogP contribution in [0.25, 0.3) is 0 Å². The van der Waals surface area contributed by atoms with Crippen molar-refractivity contribution in [2.75, 3.05) is 6.61 Å². The van der Waals surface area contributed by atoms with E-state index in [1.54, 1.807) is 30.3 Å². The van der Waals surface area contributed by atoms with E-state index in [4.69, 9.17) is 11.6 Å². The summed E-state index contributed by atoms with van der Waals surface area (Å²) < 4.78 is 27.0. The molecule has 0 heterocycles. The quantitative estimate of drug-likeness (QED) is 0.710. The Hall–Kier alpha value is -1.44. The molecule has 0 aromatic heterocycles. The Morgan fingerprint density at radius 3 is 2.39 bits per heavy atom. The number of aliphatic hydroxyl groups excluding tert-OH is 2. The van der Waals surface area contributed by atoms with Crippen molar-refractivity contribution in [1.82, 2.24) is 4.72 Å². The zero-order chi connectivity index (χ0) is 16.9. The number of sulfonamides is 1. The molecule has 2 aromatic rings. The molecule has 0 aliphatic rings. The lowest BCUT2D eigenvalue weighted by atomic mass is 10.0. The van der Waals surface area contributed by atoms with Gasteiger partial charge in [0.2, 0.25) is 10.0 Å². The molecule has 0 bridgehead atoms. The van der Waals surface area contributed by atoms with E-state index >= 15 is 0 Å². The van der Waals surface area contributed by atoms with E-state index in [0.29, 0.717) is 10.6 Å². The summed E-state index contributed by atoms with van der Waals surface area (Å²) in [6, 6.07) is 13.9. The molecule has 2 aromatic carbocycles. The summed E-state index contributed by atoms with van der Waals surface area (Å²) in [5.41, 5.74) is 0.660. The fourth-order valence-electron chi connectivity index (χ4n) is 2.16. The van der Waals surface area contributed by atoms with Crippen LogP contribution in [0, 0.1) is 0 Å². The monoisotopic (exact) mass is 355 g/mol. The Labute approximate surface area is 140 Å². The van der Waals surface area contributed by atoms with Gasteiger partial charge in [0.25, 0.3) is 0 Å². The normalized spacial score (nSPS) is 14.4. The maximum Gasteiger partial charge on any atom is 0.240 e. The average molecular weight is 356 g/mol. The number of hydrogen-bond acceptors (Lipinski definition) is 4. The smallest absolute Gasteiger partial charge is 0.240 e. The van der Waals surface area contributed by atoms with Gasteiger partial charge in [-0.05, 0) is 30.2 Å². The highest BCUT2D eigenvalue weighted by Crippen LogP contribution is 2.20. The second-order valence-corrected chi connectivity index (χ2v) is 7.27. The summed E-state index contributed by atoms with van der Waals surface area (Å²) in [6.45, 7) is -0.427. The number of aliphatic hydroxyl groups is 2. The maximum absolute atomic E-state index is 12.3. The van der Waals surface area contributed by atoms with Crippen LogP contribution in [0.1, 0.15) is 18.1 Å². The van der Waals surface area contributed by atoms with Gasteiger partial charge in [-0.15, -0.1) is 0 Å². The topological polar surface area (TPSA) is 86.6 Å². The molecule has 0 spiro atoms. The van der Waals surface area contributed by atoms with E-state index in [-0.39, 0.29) is 11.3 Å². The van der Waals surface area contributed by atoms with Gasteiger partial charge < -0.3 is 10.2 Å². The molecule has 7 heteroatoms. The van der Waals surface area contributed by atoms with Crippen molar-refractivity contribution in [2.45, 2.75) is 23.5 Å². The molecular formula is C16H18ClNO4S. The van der Waals surface area contributed by atoms with Crippen LogP contribution in [-0.2, 0) is 10.0 Å². The molecule has 0 aliphatic carbocycles. The predicted molar refractivity (Wildman–Crippen MR) is 88.7 cm³/mol. The van der Waals surface area contributed by atoms with Gasteiger partial charge in [0.05, 0.1) is 17.6 Å². The minimum Gasteiger partial charge on any atom is -0.395 e. The lowest BCUT2D eigenvalue weighted by molar-refractivity contribution is 0.136. The van der Waals surface area contributed by atoms with E-state index in [1.165, 1.54) is 18.2 Å². The van der Waals surface area contributed by atoms with Gasteiger partial charge in [0, 0.05) is 11.1 Å². The van der Waals surface area contributed by atoms with Crippen LogP contribution in [-0.4, -0.2) is 31.3 Å². The fraction of sp³-hybridized carbons (Fsp3) is 0.250. The van der Waals surface area contributed by atoms with E-state index in [9.17, 15) is 18.6 Å². The molecule has 23 heavy (non-hydrogen) atoms. The third kappa shape index (κ3) is 5.02. The second-order valence-electron chi connectivity index (χ2n) is 5.12. The van der Waals surface area contributed by atoms with E-state index in [0.717, 1.165) is 0 Å². The van der Waals surface area contributed by atoms with Gasteiger partial charge in [0.1, 0.15) is 0 Å². The number of rotatable bonds is 7. The molecule has 124 valence electrons. The second kappa shape index (κ2) is 7.90. The molecule has 0 amide bonds. The molecule has 2 rings (SSSR count). The van der Waals surface area contributed by atoms with Crippen LogP contribution in [0.5, 0.6) is 0 Å². The summed E-state index contributed by atoms with van der Waals surface area (Å²) in [4.78, 5) is 0.0117. The molecule has 0 saturated carbocycles. The average Bonchev–Trinajstić information content (AvgIpc) is 2.54. The summed E-state index contributed by atoms with van der Waals surface area (Å²) in [7, 11) is -3.83. The van der Waals surface area contributed by atoms with Crippen LogP contribution >= 0.6 is 11.6 Å².